The number of aliphatic imine (C=N–C) groups is 1. The summed E-state index contributed by atoms with van der Waals surface area (Å²) in [6.07, 6.45) is 5.00. The highest BCUT2D eigenvalue weighted by Gasteiger charge is 2.14. The molecule has 0 bridgehead atoms. The van der Waals surface area contributed by atoms with E-state index in [9.17, 15) is 0 Å². The van der Waals surface area contributed by atoms with E-state index in [0.717, 1.165) is 6.42 Å². The van der Waals surface area contributed by atoms with E-state index in [0.29, 0.717) is 6.04 Å². The van der Waals surface area contributed by atoms with Crippen LogP contribution in [0.4, 0.5) is 0 Å². The van der Waals surface area contributed by atoms with Crippen molar-refractivity contribution in [3.05, 3.63) is 0 Å². The van der Waals surface area contributed by atoms with Crippen LogP contribution < -0.4 is 5.32 Å². The Hall–Kier alpha value is -0.370. The van der Waals surface area contributed by atoms with Crippen molar-refractivity contribution >= 4 is 5.71 Å². The zero-order valence-electron chi connectivity index (χ0n) is 6.85. The molecule has 1 unspecified atom stereocenters. The molecule has 0 aromatic rings. The molecule has 0 radical (unpaired) electrons. The maximum Gasteiger partial charge on any atom is 0.0276 e. The minimum atomic E-state index is 0.687. The van der Waals surface area contributed by atoms with Gasteiger partial charge in [0.15, 0.2) is 0 Å². The topological polar surface area (TPSA) is 24.4 Å². The predicted molar refractivity (Wildman–Crippen MR) is 44.7 cm³/mol. The highest BCUT2D eigenvalue weighted by atomic mass is 14.9. The first-order valence-electron chi connectivity index (χ1n) is 3.98. The first-order chi connectivity index (χ1) is 4.86. The molecule has 0 spiro atoms. The average Bonchev–Trinajstić information content (AvgIpc) is 2.05. The zero-order valence-corrected chi connectivity index (χ0v) is 6.85. The summed E-state index contributed by atoms with van der Waals surface area (Å²) in [4.78, 5) is 4.22. The molecule has 1 N–H and O–H groups in total. The van der Waals surface area contributed by atoms with Gasteiger partial charge in [-0.05, 0) is 26.3 Å². The summed E-state index contributed by atoms with van der Waals surface area (Å²) < 4.78 is 0. The third kappa shape index (κ3) is 1.81. The molecular formula is C8H16N2. The quantitative estimate of drug-likeness (QED) is 0.582. The van der Waals surface area contributed by atoms with E-state index >= 15 is 0 Å². The Labute approximate surface area is 62.7 Å². The Kier molecular flexibility index (Phi) is 2.87. The fraction of sp³-hybridized carbons (Fsp3) is 0.875. The van der Waals surface area contributed by atoms with Gasteiger partial charge in [-0.1, -0.05) is 0 Å². The minimum absolute atomic E-state index is 0.687. The third-order valence-electron chi connectivity index (χ3n) is 2.22. The Morgan fingerprint density at radius 2 is 2.40 bits per heavy atom. The van der Waals surface area contributed by atoms with Gasteiger partial charge in [-0.2, -0.15) is 0 Å². The van der Waals surface area contributed by atoms with Crippen LogP contribution in [0.3, 0.4) is 0 Å². The Balaban J connectivity index is 2.39. The summed E-state index contributed by atoms with van der Waals surface area (Å²) in [5.41, 5.74) is 1.38. The first-order valence-corrected chi connectivity index (χ1v) is 3.98. The summed E-state index contributed by atoms with van der Waals surface area (Å²) in [6.45, 7) is 0. The Morgan fingerprint density at radius 3 is 3.00 bits per heavy atom. The largest absolute Gasteiger partial charge is 0.317 e. The highest BCUT2D eigenvalue weighted by molar-refractivity contribution is 5.85. The SMILES string of the molecule is C/N=C1/CCCC(NC)C1. The molecule has 1 atom stereocenters. The second kappa shape index (κ2) is 3.71. The smallest absolute Gasteiger partial charge is 0.0276 e. The van der Waals surface area contributed by atoms with Crippen LogP contribution in [0.5, 0.6) is 0 Å². The molecule has 10 heavy (non-hydrogen) atoms. The van der Waals surface area contributed by atoms with Gasteiger partial charge in [0.1, 0.15) is 0 Å². The number of nitrogens with zero attached hydrogens (tertiary/aromatic N) is 1. The van der Waals surface area contributed by atoms with Gasteiger partial charge in [-0.15, -0.1) is 0 Å². The molecule has 0 aromatic carbocycles. The molecule has 1 aliphatic carbocycles. The Bertz CT molecular complexity index is 129. The van der Waals surface area contributed by atoms with E-state index < -0.39 is 0 Å². The summed E-state index contributed by atoms with van der Waals surface area (Å²) in [6, 6.07) is 0.687. The van der Waals surface area contributed by atoms with Gasteiger partial charge in [-0.3, -0.25) is 4.99 Å². The maximum atomic E-state index is 4.22. The molecule has 0 aromatic heterocycles. The first kappa shape index (κ1) is 7.73. The van der Waals surface area contributed by atoms with Gasteiger partial charge in [0.25, 0.3) is 0 Å². The molecule has 2 nitrogen and oxygen atoms in total. The number of hydrogen-bond donors (Lipinski definition) is 1. The van der Waals surface area contributed by atoms with Crippen LogP contribution in [0.15, 0.2) is 4.99 Å². The van der Waals surface area contributed by atoms with Crippen molar-refractivity contribution in [1.82, 2.24) is 5.32 Å². The lowest BCUT2D eigenvalue weighted by Crippen LogP contribution is -2.31. The molecule has 1 fully saturated rings. The summed E-state index contributed by atoms with van der Waals surface area (Å²) in [5.74, 6) is 0. The molecule has 58 valence electrons. The van der Waals surface area contributed by atoms with Crippen molar-refractivity contribution < 1.29 is 0 Å². The molecule has 0 amide bonds. The minimum Gasteiger partial charge on any atom is -0.317 e. The molecular weight excluding hydrogens is 124 g/mol. The lowest BCUT2D eigenvalue weighted by atomic mass is 9.94. The van der Waals surface area contributed by atoms with Gasteiger partial charge >= 0.3 is 0 Å². The second-order valence-electron chi connectivity index (χ2n) is 2.87. The predicted octanol–water partition coefficient (Wildman–Crippen LogP) is 1.22. The van der Waals surface area contributed by atoms with Crippen molar-refractivity contribution in [1.29, 1.82) is 0 Å². The van der Waals surface area contributed by atoms with Crippen molar-refractivity contribution in [2.24, 2.45) is 4.99 Å². The van der Waals surface area contributed by atoms with Crippen LogP contribution in [-0.2, 0) is 0 Å². The molecule has 0 aliphatic heterocycles. The Morgan fingerprint density at radius 1 is 1.60 bits per heavy atom. The van der Waals surface area contributed by atoms with Crippen LogP contribution in [-0.4, -0.2) is 25.8 Å². The van der Waals surface area contributed by atoms with Crippen LogP contribution >= 0.6 is 0 Å². The van der Waals surface area contributed by atoms with E-state index in [-0.39, 0.29) is 0 Å². The molecule has 1 saturated carbocycles. The van der Waals surface area contributed by atoms with Gasteiger partial charge in [-0.25, -0.2) is 0 Å². The lowest BCUT2D eigenvalue weighted by Gasteiger charge is -2.22. The van der Waals surface area contributed by atoms with Crippen LogP contribution in [0.1, 0.15) is 25.7 Å². The molecule has 2 heteroatoms. The fourth-order valence-corrected chi connectivity index (χ4v) is 1.49. The molecule has 1 aliphatic rings. The highest BCUT2D eigenvalue weighted by Crippen LogP contribution is 2.15. The van der Waals surface area contributed by atoms with Crippen LogP contribution in [0.25, 0.3) is 0 Å². The molecule has 1 rings (SSSR count). The number of rotatable bonds is 1. The molecule has 0 saturated heterocycles. The van der Waals surface area contributed by atoms with E-state index in [1.807, 2.05) is 14.1 Å². The van der Waals surface area contributed by atoms with E-state index in [1.165, 1.54) is 25.0 Å². The third-order valence-corrected chi connectivity index (χ3v) is 2.22. The van der Waals surface area contributed by atoms with Crippen molar-refractivity contribution in [3.63, 3.8) is 0 Å². The van der Waals surface area contributed by atoms with Crippen molar-refractivity contribution in [2.75, 3.05) is 14.1 Å². The van der Waals surface area contributed by atoms with Crippen molar-refractivity contribution in [3.8, 4) is 0 Å². The van der Waals surface area contributed by atoms with Gasteiger partial charge in [0.2, 0.25) is 0 Å². The number of nitrogens with one attached hydrogen (secondary N) is 1. The summed E-state index contributed by atoms with van der Waals surface area (Å²) in [5, 5.41) is 3.29. The number of hydrogen-bond acceptors (Lipinski definition) is 2. The van der Waals surface area contributed by atoms with Gasteiger partial charge < -0.3 is 5.32 Å². The second-order valence-corrected chi connectivity index (χ2v) is 2.87. The van der Waals surface area contributed by atoms with E-state index in [2.05, 4.69) is 10.3 Å². The standard InChI is InChI=1S/C8H16N2/c1-9-7-4-3-5-8(6-7)10-2/h7,9H,3-6H2,1-2H3/b10-8-. The average molecular weight is 140 g/mol. The van der Waals surface area contributed by atoms with Crippen LogP contribution in [0.2, 0.25) is 0 Å². The van der Waals surface area contributed by atoms with Crippen LogP contribution in [0, 0.1) is 0 Å². The monoisotopic (exact) mass is 140 g/mol. The normalized spacial score (nSPS) is 31.0. The summed E-state index contributed by atoms with van der Waals surface area (Å²) in [7, 11) is 3.93. The van der Waals surface area contributed by atoms with Gasteiger partial charge in [0.05, 0.1) is 0 Å². The van der Waals surface area contributed by atoms with Crippen molar-refractivity contribution in [2.45, 2.75) is 31.7 Å². The van der Waals surface area contributed by atoms with E-state index in [4.69, 9.17) is 0 Å². The molecule has 0 heterocycles. The zero-order chi connectivity index (χ0) is 7.40. The van der Waals surface area contributed by atoms with Gasteiger partial charge in [0, 0.05) is 25.2 Å². The summed E-state index contributed by atoms with van der Waals surface area (Å²) >= 11 is 0. The fourth-order valence-electron chi connectivity index (χ4n) is 1.49. The lowest BCUT2D eigenvalue weighted by molar-refractivity contribution is 0.495. The maximum absolute atomic E-state index is 4.22. The van der Waals surface area contributed by atoms with E-state index in [1.54, 1.807) is 0 Å².